The Bertz CT molecular complexity index is 1200. The number of halogens is 1. The predicted molar refractivity (Wildman–Crippen MR) is 117 cm³/mol. The normalized spacial score (nSPS) is 12.7. The van der Waals surface area contributed by atoms with Crippen molar-refractivity contribution in [3.8, 4) is 11.4 Å². The molecular formula is C19H21FN6O3S2. The van der Waals surface area contributed by atoms with E-state index in [9.17, 15) is 17.6 Å². The van der Waals surface area contributed by atoms with Gasteiger partial charge >= 0.3 is 0 Å². The molecule has 1 unspecified atom stereocenters. The number of hydrogen-bond acceptors (Lipinski definition) is 7. The standard InChI is InChI=1S/C19H21FN6O3S2/c1-12(18(27)22-15-5-4-6-16(11-15)31(28,29)25(2)3)30-19-24-23-17(26(19)21)13-7-9-14(20)10-8-13/h4-12H,21H2,1-3H3,(H,22,27). The Kier molecular flexibility index (Phi) is 6.62. The van der Waals surface area contributed by atoms with Gasteiger partial charge in [-0.2, -0.15) is 0 Å². The third-order valence-electron chi connectivity index (χ3n) is 4.30. The number of benzene rings is 2. The van der Waals surface area contributed by atoms with Gasteiger partial charge in [-0.25, -0.2) is 21.8 Å². The summed E-state index contributed by atoms with van der Waals surface area (Å²) in [5, 5.41) is 10.4. The molecule has 12 heteroatoms. The first kappa shape index (κ1) is 22.7. The molecule has 2 aromatic carbocycles. The average Bonchev–Trinajstić information content (AvgIpc) is 3.08. The number of rotatable bonds is 7. The van der Waals surface area contributed by atoms with Crippen molar-refractivity contribution in [3.63, 3.8) is 0 Å². The van der Waals surface area contributed by atoms with Gasteiger partial charge in [0, 0.05) is 25.3 Å². The molecule has 9 nitrogen and oxygen atoms in total. The number of carbonyl (C=O) groups is 1. The predicted octanol–water partition coefficient (Wildman–Crippen LogP) is 2.17. The SMILES string of the molecule is CC(Sc1nnc(-c2ccc(F)cc2)n1N)C(=O)Nc1cccc(S(=O)(=O)N(C)C)c1. The van der Waals surface area contributed by atoms with E-state index in [1.807, 2.05) is 0 Å². The highest BCUT2D eigenvalue weighted by Crippen LogP contribution is 2.26. The van der Waals surface area contributed by atoms with Crippen LogP contribution in [0.4, 0.5) is 10.1 Å². The number of nitrogens with zero attached hydrogens (tertiary/aromatic N) is 4. The van der Waals surface area contributed by atoms with Crippen LogP contribution in [-0.2, 0) is 14.8 Å². The van der Waals surface area contributed by atoms with Crippen LogP contribution in [-0.4, -0.2) is 52.8 Å². The second-order valence-corrected chi connectivity index (χ2v) is 10.2. The number of nitrogens with two attached hydrogens (primary N) is 1. The van der Waals surface area contributed by atoms with Gasteiger partial charge in [0.25, 0.3) is 0 Å². The van der Waals surface area contributed by atoms with Gasteiger partial charge in [-0.05, 0) is 49.4 Å². The number of anilines is 1. The Morgan fingerprint density at radius 1 is 1.19 bits per heavy atom. The monoisotopic (exact) mass is 464 g/mol. The van der Waals surface area contributed by atoms with Gasteiger partial charge in [-0.1, -0.05) is 17.8 Å². The molecule has 1 atom stereocenters. The highest BCUT2D eigenvalue weighted by molar-refractivity contribution is 8.00. The molecule has 3 N–H and O–H groups in total. The van der Waals surface area contributed by atoms with Crippen LogP contribution in [0.1, 0.15) is 6.92 Å². The minimum absolute atomic E-state index is 0.0706. The van der Waals surface area contributed by atoms with Crippen molar-refractivity contribution in [2.75, 3.05) is 25.3 Å². The molecule has 31 heavy (non-hydrogen) atoms. The molecule has 0 aliphatic carbocycles. The van der Waals surface area contributed by atoms with Crippen molar-refractivity contribution in [1.82, 2.24) is 19.2 Å². The maximum absolute atomic E-state index is 13.1. The first-order valence-electron chi connectivity index (χ1n) is 9.06. The van der Waals surface area contributed by atoms with Gasteiger partial charge in [0.15, 0.2) is 5.82 Å². The van der Waals surface area contributed by atoms with Crippen LogP contribution in [0.25, 0.3) is 11.4 Å². The second-order valence-electron chi connectivity index (χ2n) is 6.75. The lowest BCUT2D eigenvalue weighted by Gasteiger charge is -2.14. The molecule has 1 heterocycles. The van der Waals surface area contributed by atoms with Gasteiger partial charge in [0.05, 0.1) is 10.1 Å². The zero-order chi connectivity index (χ0) is 22.8. The Morgan fingerprint density at radius 3 is 2.52 bits per heavy atom. The van der Waals surface area contributed by atoms with E-state index in [4.69, 9.17) is 5.84 Å². The topological polar surface area (TPSA) is 123 Å². The third-order valence-corrected chi connectivity index (χ3v) is 7.17. The summed E-state index contributed by atoms with van der Waals surface area (Å²) in [6.07, 6.45) is 0. The molecule has 0 radical (unpaired) electrons. The van der Waals surface area contributed by atoms with Crippen LogP contribution in [0.2, 0.25) is 0 Å². The molecule has 1 amide bonds. The van der Waals surface area contributed by atoms with Crippen LogP contribution in [0.5, 0.6) is 0 Å². The summed E-state index contributed by atoms with van der Waals surface area (Å²) in [7, 11) is -0.755. The molecule has 0 aliphatic heterocycles. The molecule has 0 saturated carbocycles. The molecule has 0 saturated heterocycles. The van der Waals surface area contributed by atoms with Crippen molar-refractivity contribution in [3.05, 3.63) is 54.3 Å². The van der Waals surface area contributed by atoms with E-state index in [1.165, 1.54) is 55.2 Å². The Balaban J connectivity index is 1.72. The van der Waals surface area contributed by atoms with Crippen molar-refractivity contribution in [2.45, 2.75) is 22.2 Å². The van der Waals surface area contributed by atoms with Crippen LogP contribution >= 0.6 is 11.8 Å². The number of nitrogens with one attached hydrogen (secondary N) is 1. The number of thioether (sulfide) groups is 1. The fraction of sp³-hybridized carbons (Fsp3) is 0.211. The van der Waals surface area contributed by atoms with Crippen molar-refractivity contribution in [2.24, 2.45) is 0 Å². The number of nitrogen functional groups attached to an aromatic ring is 1. The molecule has 1 aromatic heterocycles. The first-order chi connectivity index (χ1) is 14.6. The molecule has 0 fully saturated rings. The Labute approximate surface area is 183 Å². The average molecular weight is 465 g/mol. The molecule has 164 valence electrons. The lowest BCUT2D eigenvalue weighted by atomic mass is 10.2. The minimum atomic E-state index is -3.62. The molecule has 0 spiro atoms. The molecule has 0 bridgehead atoms. The van der Waals surface area contributed by atoms with Gasteiger partial charge in [0.2, 0.25) is 21.1 Å². The van der Waals surface area contributed by atoms with Gasteiger partial charge in [0.1, 0.15) is 5.82 Å². The van der Waals surface area contributed by atoms with E-state index in [0.717, 1.165) is 16.1 Å². The summed E-state index contributed by atoms with van der Waals surface area (Å²) in [6.45, 7) is 1.66. The fourth-order valence-electron chi connectivity index (χ4n) is 2.55. The second kappa shape index (κ2) is 9.04. The number of carbonyl (C=O) groups excluding carboxylic acids is 1. The summed E-state index contributed by atoms with van der Waals surface area (Å²) < 4.78 is 40.0. The van der Waals surface area contributed by atoms with E-state index in [1.54, 1.807) is 19.1 Å². The molecule has 3 aromatic rings. The Hall–Kier alpha value is -2.96. The number of aromatic nitrogens is 3. The van der Waals surface area contributed by atoms with E-state index < -0.39 is 15.3 Å². The van der Waals surface area contributed by atoms with Crippen LogP contribution in [0, 0.1) is 5.82 Å². The summed E-state index contributed by atoms with van der Waals surface area (Å²) in [4.78, 5) is 12.7. The van der Waals surface area contributed by atoms with Crippen LogP contribution < -0.4 is 11.2 Å². The summed E-state index contributed by atoms with van der Waals surface area (Å²) >= 11 is 1.08. The maximum Gasteiger partial charge on any atom is 0.242 e. The highest BCUT2D eigenvalue weighted by Gasteiger charge is 2.21. The minimum Gasteiger partial charge on any atom is -0.335 e. The zero-order valence-corrected chi connectivity index (χ0v) is 18.6. The van der Waals surface area contributed by atoms with E-state index in [0.29, 0.717) is 22.2 Å². The number of sulfonamides is 1. The fourth-order valence-corrected chi connectivity index (χ4v) is 4.27. The summed E-state index contributed by atoms with van der Waals surface area (Å²) in [6, 6.07) is 11.6. The lowest BCUT2D eigenvalue weighted by molar-refractivity contribution is -0.115. The van der Waals surface area contributed by atoms with Gasteiger partial charge in [-0.3, -0.25) is 4.79 Å². The van der Waals surface area contributed by atoms with Crippen molar-refractivity contribution in [1.29, 1.82) is 0 Å². The molecule has 3 rings (SSSR count). The van der Waals surface area contributed by atoms with Crippen LogP contribution in [0.15, 0.2) is 58.6 Å². The van der Waals surface area contributed by atoms with Crippen molar-refractivity contribution >= 4 is 33.4 Å². The highest BCUT2D eigenvalue weighted by atomic mass is 32.2. The third kappa shape index (κ3) is 5.03. The van der Waals surface area contributed by atoms with E-state index >= 15 is 0 Å². The quantitative estimate of drug-likeness (QED) is 0.406. The number of hydrogen-bond donors (Lipinski definition) is 2. The van der Waals surface area contributed by atoms with Crippen molar-refractivity contribution < 1.29 is 17.6 Å². The smallest absolute Gasteiger partial charge is 0.242 e. The summed E-state index contributed by atoms with van der Waals surface area (Å²) in [5.74, 6) is 5.63. The zero-order valence-electron chi connectivity index (χ0n) is 17.0. The lowest BCUT2D eigenvalue weighted by Crippen LogP contribution is -2.24. The molecular weight excluding hydrogens is 443 g/mol. The maximum atomic E-state index is 13.1. The van der Waals surface area contributed by atoms with E-state index in [2.05, 4.69) is 15.5 Å². The van der Waals surface area contributed by atoms with Gasteiger partial charge < -0.3 is 11.2 Å². The first-order valence-corrected chi connectivity index (χ1v) is 11.4. The molecule has 0 aliphatic rings. The largest absolute Gasteiger partial charge is 0.335 e. The van der Waals surface area contributed by atoms with E-state index in [-0.39, 0.29) is 16.6 Å². The summed E-state index contributed by atoms with van der Waals surface area (Å²) in [5.41, 5.74) is 0.931. The van der Waals surface area contributed by atoms with Crippen LogP contribution in [0.3, 0.4) is 0 Å². The number of amides is 1. The Morgan fingerprint density at radius 2 is 1.87 bits per heavy atom. The van der Waals surface area contributed by atoms with Gasteiger partial charge in [-0.15, -0.1) is 10.2 Å².